The molecule has 21 heavy (non-hydrogen) atoms. The quantitative estimate of drug-likeness (QED) is 0.464. The van der Waals surface area contributed by atoms with Gasteiger partial charge >= 0.3 is 11.8 Å². The average Bonchev–Trinajstić information content (AvgIpc) is 2.47. The largest absolute Gasteiger partial charge is 0.493 e. The molecule has 0 saturated carbocycles. The van der Waals surface area contributed by atoms with E-state index in [0.29, 0.717) is 13.2 Å². The van der Waals surface area contributed by atoms with Crippen LogP contribution in [0.2, 0.25) is 0 Å². The highest BCUT2D eigenvalue weighted by atomic mass is 79.9. The molecular formula is C14H18BrN3O3. The normalized spacial score (nSPS) is 10.4. The number of nitrogens with one attached hydrogen (secondary N) is 2. The summed E-state index contributed by atoms with van der Waals surface area (Å²) in [6.07, 6.45) is 2.22. The van der Waals surface area contributed by atoms with Gasteiger partial charge in [-0.2, -0.15) is 5.10 Å². The summed E-state index contributed by atoms with van der Waals surface area (Å²) in [6.45, 7) is 4.85. The number of carbonyl (C=O) groups is 2. The highest BCUT2D eigenvalue weighted by Gasteiger charge is 2.10. The highest BCUT2D eigenvalue weighted by Crippen LogP contribution is 2.25. The van der Waals surface area contributed by atoms with Gasteiger partial charge in [0, 0.05) is 6.54 Å². The van der Waals surface area contributed by atoms with Gasteiger partial charge in [-0.15, -0.1) is 0 Å². The Balaban J connectivity index is 2.55. The Hall–Kier alpha value is -1.89. The average molecular weight is 356 g/mol. The van der Waals surface area contributed by atoms with E-state index < -0.39 is 11.8 Å². The lowest BCUT2D eigenvalue weighted by atomic mass is 10.2. The van der Waals surface area contributed by atoms with E-state index in [2.05, 4.69) is 31.8 Å². The summed E-state index contributed by atoms with van der Waals surface area (Å²) < 4.78 is 6.18. The third-order valence-corrected chi connectivity index (χ3v) is 3.00. The van der Waals surface area contributed by atoms with Crippen molar-refractivity contribution in [1.29, 1.82) is 0 Å². The third kappa shape index (κ3) is 5.95. The van der Waals surface area contributed by atoms with Crippen molar-refractivity contribution >= 4 is 34.0 Å². The molecule has 2 N–H and O–H groups in total. The van der Waals surface area contributed by atoms with Gasteiger partial charge in [0.05, 0.1) is 17.3 Å². The number of nitrogens with zero attached hydrogens (tertiary/aromatic N) is 1. The minimum atomic E-state index is -0.787. The van der Waals surface area contributed by atoms with Gasteiger partial charge < -0.3 is 10.1 Å². The Morgan fingerprint density at radius 3 is 2.71 bits per heavy atom. The summed E-state index contributed by atoms with van der Waals surface area (Å²) in [5.74, 6) is -0.746. The number of rotatable bonds is 6. The van der Waals surface area contributed by atoms with Gasteiger partial charge in [0.1, 0.15) is 5.75 Å². The second-order valence-electron chi connectivity index (χ2n) is 4.08. The van der Waals surface area contributed by atoms with Gasteiger partial charge in [-0.25, -0.2) is 5.43 Å². The lowest BCUT2D eigenvalue weighted by Crippen LogP contribution is -2.38. The van der Waals surface area contributed by atoms with Crippen LogP contribution in [0.1, 0.15) is 25.8 Å². The maximum atomic E-state index is 11.4. The monoisotopic (exact) mass is 355 g/mol. The zero-order valence-corrected chi connectivity index (χ0v) is 13.6. The first kappa shape index (κ1) is 17.2. The van der Waals surface area contributed by atoms with Crippen LogP contribution in [0.3, 0.4) is 0 Å². The highest BCUT2D eigenvalue weighted by molar-refractivity contribution is 9.10. The molecule has 0 bridgehead atoms. The molecule has 1 rings (SSSR count). The van der Waals surface area contributed by atoms with Crippen LogP contribution < -0.4 is 15.5 Å². The first-order chi connectivity index (χ1) is 10.1. The van der Waals surface area contributed by atoms with E-state index in [1.807, 2.05) is 13.8 Å². The summed E-state index contributed by atoms with van der Waals surface area (Å²) in [4.78, 5) is 22.7. The van der Waals surface area contributed by atoms with Crippen molar-refractivity contribution < 1.29 is 14.3 Å². The minimum absolute atomic E-state index is 0.460. The molecule has 0 atom stereocenters. The predicted octanol–water partition coefficient (Wildman–Crippen LogP) is 1.82. The molecule has 2 amide bonds. The van der Waals surface area contributed by atoms with Crippen molar-refractivity contribution in [1.82, 2.24) is 10.7 Å². The van der Waals surface area contributed by atoms with Gasteiger partial charge in [0.15, 0.2) is 0 Å². The maximum Gasteiger partial charge on any atom is 0.329 e. The standard InChI is InChI=1S/C14H18BrN3O3/c1-3-7-16-13(19)14(20)18-17-9-10-5-6-12(21-4-2)11(15)8-10/h5-6,8-9H,3-4,7H2,1-2H3,(H,16,19)(H,18,20)/b17-9-. The zero-order chi connectivity index (χ0) is 15.7. The second kappa shape index (κ2) is 9.12. The molecule has 0 aliphatic rings. The molecule has 0 unspecified atom stereocenters. The van der Waals surface area contributed by atoms with Crippen LogP contribution in [0.15, 0.2) is 27.8 Å². The summed E-state index contributed by atoms with van der Waals surface area (Å²) in [5.41, 5.74) is 2.93. The zero-order valence-electron chi connectivity index (χ0n) is 12.0. The molecule has 0 aliphatic carbocycles. The molecule has 7 heteroatoms. The maximum absolute atomic E-state index is 11.4. The molecule has 0 aromatic heterocycles. The van der Waals surface area contributed by atoms with Gasteiger partial charge in [-0.05, 0) is 53.0 Å². The first-order valence-electron chi connectivity index (χ1n) is 6.62. The number of hydrazone groups is 1. The summed E-state index contributed by atoms with van der Waals surface area (Å²) in [7, 11) is 0. The van der Waals surface area contributed by atoms with Gasteiger partial charge in [-0.3, -0.25) is 9.59 Å². The van der Waals surface area contributed by atoms with Crippen molar-refractivity contribution in [2.75, 3.05) is 13.2 Å². The fourth-order valence-electron chi connectivity index (χ4n) is 1.40. The topological polar surface area (TPSA) is 79.8 Å². The predicted molar refractivity (Wildman–Crippen MR) is 84.3 cm³/mol. The van der Waals surface area contributed by atoms with E-state index >= 15 is 0 Å². The second-order valence-corrected chi connectivity index (χ2v) is 4.93. The van der Waals surface area contributed by atoms with E-state index in [0.717, 1.165) is 22.2 Å². The summed E-state index contributed by atoms with van der Waals surface area (Å²) in [5, 5.41) is 6.20. The van der Waals surface area contributed by atoms with Crippen LogP contribution >= 0.6 is 15.9 Å². The molecule has 0 heterocycles. The van der Waals surface area contributed by atoms with Crippen LogP contribution in [0.4, 0.5) is 0 Å². The van der Waals surface area contributed by atoms with Crippen LogP contribution in [-0.4, -0.2) is 31.2 Å². The van der Waals surface area contributed by atoms with Crippen LogP contribution in [0.5, 0.6) is 5.75 Å². The Morgan fingerprint density at radius 2 is 2.10 bits per heavy atom. The van der Waals surface area contributed by atoms with Crippen LogP contribution in [0, 0.1) is 0 Å². The Morgan fingerprint density at radius 1 is 1.33 bits per heavy atom. The summed E-state index contributed by atoms with van der Waals surface area (Å²) in [6, 6.07) is 5.39. The van der Waals surface area contributed by atoms with E-state index in [1.165, 1.54) is 6.21 Å². The number of ether oxygens (including phenoxy) is 1. The number of hydrogen-bond acceptors (Lipinski definition) is 4. The smallest absolute Gasteiger partial charge is 0.329 e. The van der Waals surface area contributed by atoms with E-state index in [4.69, 9.17) is 4.74 Å². The number of hydrogen-bond donors (Lipinski definition) is 2. The summed E-state index contributed by atoms with van der Waals surface area (Å²) >= 11 is 3.38. The molecule has 1 aromatic rings. The lowest BCUT2D eigenvalue weighted by Gasteiger charge is -2.05. The SMILES string of the molecule is CCCNC(=O)C(=O)N/N=C\c1ccc(OCC)c(Br)c1. The van der Waals surface area contributed by atoms with E-state index in [-0.39, 0.29) is 0 Å². The minimum Gasteiger partial charge on any atom is -0.493 e. The molecular weight excluding hydrogens is 338 g/mol. The first-order valence-corrected chi connectivity index (χ1v) is 7.41. The van der Waals surface area contributed by atoms with Crippen molar-refractivity contribution in [3.8, 4) is 5.75 Å². The van der Waals surface area contributed by atoms with Gasteiger partial charge in [-0.1, -0.05) is 6.92 Å². The fraction of sp³-hybridized carbons (Fsp3) is 0.357. The van der Waals surface area contributed by atoms with Crippen molar-refractivity contribution in [3.63, 3.8) is 0 Å². The third-order valence-electron chi connectivity index (χ3n) is 2.38. The Bertz CT molecular complexity index is 532. The van der Waals surface area contributed by atoms with Crippen molar-refractivity contribution in [2.24, 2.45) is 5.10 Å². The number of benzene rings is 1. The van der Waals surface area contributed by atoms with E-state index in [9.17, 15) is 9.59 Å². The number of halogens is 1. The molecule has 6 nitrogen and oxygen atoms in total. The van der Waals surface area contributed by atoms with Gasteiger partial charge in [0.2, 0.25) is 0 Å². The van der Waals surface area contributed by atoms with Crippen LogP contribution in [-0.2, 0) is 9.59 Å². The Kier molecular flexibility index (Phi) is 7.45. The molecule has 0 fully saturated rings. The lowest BCUT2D eigenvalue weighted by molar-refractivity contribution is -0.139. The van der Waals surface area contributed by atoms with Crippen molar-refractivity contribution in [2.45, 2.75) is 20.3 Å². The van der Waals surface area contributed by atoms with Gasteiger partial charge in [0.25, 0.3) is 0 Å². The molecule has 0 saturated heterocycles. The molecule has 114 valence electrons. The number of amides is 2. The Labute approximate surface area is 132 Å². The van der Waals surface area contributed by atoms with E-state index in [1.54, 1.807) is 18.2 Å². The van der Waals surface area contributed by atoms with Crippen LogP contribution in [0.25, 0.3) is 0 Å². The number of carbonyl (C=O) groups excluding carboxylic acids is 2. The van der Waals surface area contributed by atoms with Crippen molar-refractivity contribution in [3.05, 3.63) is 28.2 Å². The molecule has 0 aliphatic heterocycles. The molecule has 0 spiro atoms. The molecule has 1 aromatic carbocycles. The fourth-order valence-corrected chi connectivity index (χ4v) is 1.92. The molecule has 0 radical (unpaired) electrons.